The molecule has 0 saturated carbocycles. The van der Waals surface area contributed by atoms with Crippen molar-refractivity contribution in [3.05, 3.63) is 0 Å². The number of hydrogen-bond donors (Lipinski definition) is 0. The summed E-state index contributed by atoms with van der Waals surface area (Å²) in [6.45, 7) is 4.49. The van der Waals surface area contributed by atoms with E-state index in [1.165, 1.54) is 0 Å². The van der Waals surface area contributed by atoms with E-state index >= 15 is 0 Å². The number of hydrogen-bond acceptors (Lipinski definition) is 1. The number of rotatable bonds is 5. The van der Waals surface area contributed by atoms with Crippen LogP contribution in [0.1, 0.15) is 20.8 Å². The van der Waals surface area contributed by atoms with Crippen LogP contribution in [0.2, 0.25) is 0 Å². The van der Waals surface area contributed by atoms with Crippen molar-refractivity contribution in [2.45, 2.75) is 26.9 Å². The summed E-state index contributed by atoms with van der Waals surface area (Å²) < 4.78 is 39.9. The van der Waals surface area contributed by atoms with Gasteiger partial charge < -0.3 is 4.74 Å². The van der Waals surface area contributed by atoms with Gasteiger partial charge >= 0.3 is 6.18 Å². The Balaban J connectivity index is 3.97. The van der Waals surface area contributed by atoms with Crippen molar-refractivity contribution >= 4 is 11.6 Å². The largest absolute Gasteiger partial charge is 0.411 e. The van der Waals surface area contributed by atoms with Gasteiger partial charge in [0.1, 0.15) is 6.61 Å². The summed E-state index contributed by atoms with van der Waals surface area (Å²) in [5.41, 5.74) is -0.396. The molecule has 0 aromatic rings. The molecule has 0 heterocycles. The lowest BCUT2D eigenvalue weighted by molar-refractivity contribution is -0.181. The molecule has 1 atom stereocenters. The second-order valence-corrected chi connectivity index (χ2v) is 4.32. The molecule has 0 aromatic heterocycles. The van der Waals surface area contributed by atoms with Gasteiger partial charge in [0.25, 0.3) is 0 Å². The molecule has 5 heteroatoms. The van der Waals surface area contributed by atoms with E-state index in [2.05, 4.69) is 4.74 Å². The van der Waals surface area contributed by atoms with Gasteiger partial charge in [0.15, 0.2) is 0 Å². The Morgan fingerprint density at radius 2 is 1.71 bits per heavy atom. The standard InChI is InChI=1S/C9H16ClF3O/c1-7(2)8(3,4-10)5-14-6-9(11,12)13/h7H,4-6H2,1-3H3. The first kappa shape index (κ1) is 14.0. The average molecular weight is 233 g/mol. The van der Waals surface area contributed by atoms with Gasteiger partial charge in [0, 0.05) is 11.3 Å². The lowest BCUT2D eigenvalue weighted by Crippen LogP contribution is -2.33. The summed E-state index contributed by atoms with van der Waals surface area (Å²) in [4.78, 5) is 0. The van der Waals surface area contributed by atoms with E-state index in [0.717, 1.165) is 0 Å². The normalized spacial score (nSPS) is 17.1. The fourth-order valence-electron chi connectivity index (χ4n) is 0.759. The summed E-state index contributed by atoms with van der Waals surface area (Å²) in [6, 6.07) is 0. The van der Waals surface area contributed by atoms with Gasteiger partial charge in [0.05, 0.1) is 6.61 Å². The zero-order valence-corrected chi connectivity index (χ0v) is 9.37. The Bertz CT molecular complexity index is 170. The first-order valence-electron chi connectivity index (χ1n) is 4.42. The van der Waals surface area contributed by atoms with Crippen LogP contribution in [0.3, 0.4) is 0 Å². The topological polar surface area (TPSA) is 9.23 Å². The third-order valence-electron chi connectivity index (χ3n) is 2.40. The van der Waals surface area contributed by atoms with Crippen LogP contribution < -0.4 is 0 Å². The maximum Gasteiger partial charge on any atom is 0.411 e. The summed E-state index contributed by atoms with van der Waals surface area (Å²) in [5, 5.41) is 0. The molecule has 0 bridgehead atoms. The van der Waals surface area contributed by atoms with Crippen LogP contribution in [-0.2, 0) is 4.74 Å². The lowest BCUT2D eigenvalue weighted by atomic mass is 9.82. The van der Waals surface area contributed by atoms with E-state index in [9.17, 15) is 13.2 Å². The summed E-state index contributed by atoms with van der Waals surface area (Å²) in [5.74, 6) is 0.482. The molecular formula is C9H16ClF3O. The minimum Gasteiger partial charge on any atom is -0.371 e. The Labute approximate surface area is 87.6 Å². The van der Waals surface area contributed by atoms with E-state index in [-0.39, 0.29) is 12.5 Å². The maximum absolute atomic E-state index is 11.8. The number of alkyl halides is 4. The van der Waals surface area contributed by atoms with Gasteiger partial charge in [-0.15, -0.1) is 11.6 Å². The Hall–Kier alpha value is 0.0400. The second-order valence-electron chi connectivity index (χ2n) is 4.05. The quantitative estimate of drug-likeness (QED) is 0.660. The Kier molecular flexibility index (Phi) is 5.23. The van der Waals surface area contributed by atoms with Gasteiger partial charge in [-0.2, -0.15) is 13.2 Å². The van der Waals surface area contributed by atoms with Crippen LogP contribution in [-0.4, -0.2) is 25.3 Å². The van der Waals surface area contributed by atoms with E-state index in [1.54, 1.807) is 0 Å². The van der Waals surface area contributed by atoms with Crippen LogP contribution in [0.4, 0.5) is 13.2 Å². The first-order chi connectivity index (χ1) is 6.21. The molecule has 0 aromatic carbocycles. The van der Waals surface area contributed by atoms with Crippen molar-refractivity contribution in [3.8, 4) is 0 Å². The molecule has 0 saturated heterocycles. The Morgan fingerprint density at radius 3 is 2.00 bits per heavy atom. The monoisotopic (exact) mass is 232 g/mol. The van der Waals surface area contributed by atoms with Crippen molar-refractivity contribution in [2.24, 2.45) is 11.3 Å². The van der Waals surface area contributed by atoms with Crippen LogP contribution in [0.5, 0.6) is 0 Å². The van der Waals surface area contributed by atoms with Gasteiger partial charge in [-0.05, 0) is 5.92 Å². The van der Waals surface area contributed by atoms with Crippen LogP contribution >= 0.6 is 11.6 Å². The van der Waals surface area contributed by atoms with E-state index in [4.69, 9.17) is 11.6 Å². The van der Waals surface area contributed by atoms with Gasteiger partial charge in [-0.1, -0.05) is 20.8 Å². The van der Waals surface area contributed by atoms with Gasteiger partial charge in [-0.3, -0.25) is 0 Å². The number of halogens is 4. The van der Waals surface area contributed by atoms with Crippen LogP contribution in [0.25, 0.3) is 0 Å². The third kappa shape index (κ3) is 5.05. The minimum atomic E-state index is -4.26. The highest BCUT2D eigenvalue weighted by Gasteiger charge is 2.32. The molecule has 0 aliphatic carbocycles. The van der Waals surface area contributed by atoms with Crippen molar-refractivity contribution in [1.82, 2.24) is 0 Å². The Morgan fingerprint density at radius 1 is 1.21 bits per heavy atom. The van der Waals surface area contributed by atoms with Crippen molar-refractivity contribution < 1.29 is 17.9 Å². The molecule has 0 radical (unpaired) electrons. The number of ether oxygens (including phenoxy) is 1. The predicted octanol–water partition coefficient (Wildman–Crippen LogP) is 3.47. The van der Waals surface area contributed by atoms with Crippen LogP contribution in [0.15, 0.2) is 0 Å². The molecule has 0 spiro atoms. The zero-order valence-electron chi connectivity index (χ0n) is 8.62. The molecule has 86 valence electrons. The summed E-state index contributed by atoms with van der Waals surface area (Å²) in [7, 11) is 0. The highest BCUT2D eigenvalue weighted by molar-refractivity contribution is 6.18. The first-order valence-corrected chi connectivity index (χ1v) is 4.95. The maximum atomic E-state index is 11.8. The van der Waals surface area contributed by atoms with Crippen molar-refractivity contribution in [1.29, 1.82) is 0 Å². The molecule has 0 N–H and O–H groups in total. The highest BCUT2D eigenvalue weighted by atomic mass is 35.5. The fraction of sp³-hybridized carbons (Fsp3) is 1.00. The molecule has 0 aliphatic rings. The molecular weight excluding hydrogens is 217 g/mol. The summed E-state index contributed by atoms with van der Waals surface area (Å²) >= 11 is 5.69. The smallest absolute Gasteiger partial charge is 0.371 e. The molecule has 0 aliphatic heterocycles. The van der Waals surface area contributed by atoms with Gasteiger partial charge in [-0.25, -0.2) is 0 Å². The molecule has 0 amide bonds. The second kappa shape index (κ2) is 5.21. The fourth-order valence-corrected chi connectivity index (χ4v) is 1.15. The molecule has 14 heavy (non-hydrogen) atoms. The summed E-state index contributed by atoms with van der Waals surface area (Å²) in [6.07, 6.45) is -4.26. The zero-order chi connectivity index (χ0) is 11.4. The molecule has 0 fully saturated rings. The van der Waals surface area contributed by atoms with Crippen molar-refractivity contribution in [2.75, 3.05) is 19.1 Å². The van der Waals surface area contributed by atoms with Gasteiger partial charge in [0.2, 0.25) is 0 Å². The predicted molar refractivity (Wildman–Crippen MR) is 50.5 cm³/mol. The highest BCUT2D eigenvalue weighted by Crippen LogP contribution is 2.29. The SMILES string of the molecule is CC(C)C(C)(CCl)COCC(F)(F)F. The third-order valence-corrected chi connectivity index (χ3v) is 3.01. The average Bonchev–Trinajstić information content (AvgIpc) is 2.01. The van der Waals surface area contributed by atoms with Crippen molar-refractivity contribution in [3.63, 3.8) is 0 Å². The lowest BCUT2D eigenvalue weighted by Gasteiger charge is -2.31. The minimum absolute atomic E-state index is 0.0354. The van der Waals surface area contributed by atoms with E-state index in [0.29, 0.717) is 5.88 Å². The van der Waals surface area contributed by atoms with E-state index < -0.39 is 18.2 Å². The van der Waals surface area contributed by atoms with E-state index in [1.807, 2.05) is 20.8 Å². The molecule has 1 unspecified atom stereocenters. The molecule has 0 rings (SSSR count). The molecule has 1 nitrogen and oxygen atoms in total. The van der Waals surface area contributed by atoms with Crippen LogP contribution in [0, 0.1) is 11.3 Å².